The van der Waals surface area contributed by atoms with E-state index in [1.54, 1.807) is 22.7 Å². The molecule has 1 aliphatic carbocycles. The van der Waals surface area contributed by atoms with Gasteiger partial charge < -0.3 is 5.32 Å². The second-order valence-corrected chi connectivity index (χ2v) is 6.92. The van der Waals surface area contributed by atoms with Crippen LogP contribution in [0.2, 0.25) is 0 Å². The van der Waals surface area contributed by atoms with Gasteiger partial charge in [-0.2, -0.15) is 10.4 Å². The molecule has 1 aromatic carbocycles. The summed E-state index contributed by atoms with van der Waals surface area (Å²) in [5.74, 6) is 0.401. The number of hydrogen-bond acceptors (Lipinski definition) is 4. The first-order valence-electron chi connectivity index (χ1n) is 9.14. The molecule has 0 aliphatic heterocycles. The molecule has 0 radical (unpaired) electrons. The smallest absolute Gasteiger partial charge is 0.143 e. The van der Waals surface area contributed by atoms with E-state index in [0.29, 0.717) is 17.6 Å². The molecular weight excluding hydrogens is 353 g/mol. The van der Waals surface area contributed by atoms with Crippen LogP contribution in [0.5, 0.6) is 0 Å². The fourth-order valence-electron chi connectivity index (χ4n) is 3.34. The summed E-state index contributed by atoms with van der Waals surface area (Å²) in [5, 5.41) is 17.5. The lowest BCUT2D eigenvalue weighted by Crippen LogP contribution is -2.04. The number of fused-ring (bicyclic) bond motifs is 1. The van der Waals surface area contributed by atoms with Crippen molar-refractivity contribution in [2.45, 2.75) is 18.9 Å². The molecule has 28 heavy (non-hydrogen) atoms. The van der Waals surface area contributed by atoms with Crippen molar-refractivity contribution >= 4 is 11.3 Å². The highest BCUT2D eigenvalue weighted by atomic mass is 19.1. The normalized spacial score (nSPS) is 13.4. The van der Waals surface area contributed by atoms with Crippen LogP contribution in [-0.2, 0) is 0 Å². The topological polar surface area (TPSA) is 66.0 Å². The second kappa shape index (κ2) is 6.46. The number of nitriles is 1. The van der Waals surface area contributed by atoms with Gasteiger partial charge in [0.15, 0.2) is 0 Å². The summed E-state index contributed by atoms with van der Waals surface area (Å²) in [6.07, 6.45) is 4.11. The number of aromatic nitrogens is 3. The van der Waals surface area contributed by atoms with Gasteiger partial charge >= 0.3 is 0 Å². The largest absolute Gasteiger partial charge is 0.367 e. The van der Waals surface area contributed by atoms with E-state index in [9.17, 15) is 9.65 Å². The Balaban J connectivity index is 1.75. The SMILES string of the molecule is N#Cc1cc(-c2c(-c3ccc(F)cc3)nn3ccccc23)cc(NC2CC2)n1. The van der Waals surface area contributed by atoms with Crippen LogP contribution in [0, 0.1) is 17.1 Å². The first-order chi connectivity index (χ1) is 13.7. The molecule has 1 fully saturated rings. The van der Waals surface area contributed by atoms with Gasteiger partial charge in [0.25, 0.3) is 0 Å². The summed E-state index contributed by atoms with van der Waals surface area (Å²) in [7, 11) is 0. The van der Waals surface area contributed by atoms with E-state index in [0.717, 1.165) is 40.7 Å². The van der Waals surface area contributed by atoms with Crippen LogP contribution >= 0.6 is 0 Å². The minimum Gasteiger partial charge on any atom is -0.367 e. The van der Waals surface area contributed by atoms with Crippen molar-refractivity contribution in [1.29, 1.82) is 5.26 Å². The first-order valence-corrected chi connectivity index (χ1v) is 9.14. The van der Waals surface area contributed by atoms with Crippen LogP contribution < -0.4 is 5.32 Å². The molecule has 0 bridgehead atoms. The fourth-order valence-corrected chi connectivity index (χ4v) is 3.34. The quantitative estimate of drug-likeness (QED) is 0.569. The molecule has 1 N–H and O–H groups in total. The molecule has 3 aromatic heterocycles. The third kappa shape index (κ3) is 2.97. The number of benzene rings is 1. The molecule has 0 unspecified atom stereocenters. The maximum absolute atomic E-state index is 13.4. The number of pyridine rings is 2. The lowest BCUT2D eigenvalue weighted by molar-refractivity contribution is 0.628. The van der Waals surface area contributed by atoms with Crippen molar-refractivity contribution in [1.82, 2.24) is 14.6 Å². The van der Waals surface area contributed by atoms with Gasteiger partial charge in [0.05, 0.1) is 5.52 Å². The number of nitrogens with zero attached hydrogens (tertiary/aromatic N) is 4. The van der Waals surface area contributed by atoms with Gasteiger partial charge in [-0.05, 0) is 66.9 Å². The van der Waals surface area contributed by atoms with E-state index in [-0.39, 0.29) is 5.82 Å². The van der Waals surface area contributed by atoms with Gasteiger partial charge in [0.2, 0.25) is 0 Å². The molecule has 1 saturated carbocycles. The van der Waals surface area contributed by atoms with E-state index >= 15 is 0 Å². The summed E-state index contributed by atoms with van der Waals surface area (Å²) in [6.45, 7) is 0. The Hall–Kier alpha value is -3.72. The van der Waals surface area contributed by atoms with Crippen molar-refractivity contribution < 1.29 is 4.39 Å². The summed E-state index contributed by atoms with van der Waals surface area (Å²) in [5.41, 5.74) is 4.56. The van der Waals surface area contributed by atoms with Crippen molar-refractivity contribution in [2.24, 2.45) is 0 Å². The molecule has 1 aliphatic rings. The van der Waals surface area contributed by atoms with Gasteiger partial charge in [-0.1, -0.05) is 6.07 Å². The van der Waals surface area contributed by atoms with E-state index in [1.165, 1.54) is 12.1 Å². The lowest BCUT2D eigenvalue weighted by Gasteiger charge is -2.09. The maximum Gasteiger partial charge on any atom is 0.143 e. The van der Waals surface area contributed by atoms with Crippen molar-refractivity contribution in [3.05, 3.63) is 72.3 Å². The Morgan fingerprint density at radius 1 is 1.07 bits per heavy atom. The average molecular weight is 369 g/mol. The molecule has 3 heterocycles. The molecule has 5 rings (SSSR count). The minimum atomic E-state index is -0.291. The van der Waals surface area contributed by atoms with E-state index in [2.05, 4.69) is 16.4 Å². The highest BCUT2D eigenvalue weighted by Gasteiger charge is 2.23. The summed E-state index contributed by atoms with van der Waals surface area (Å²) < 4.78 is 15.2. The Kier molecular flexibility index (Phi) is 3.80. The zero-order chi connectivity index (χ0) is 19.1. The van der Waals surface area contributed by atoms with Crippen LogP contribution in [0.25, 0.3) is 27.9 Å². The van der Waals surface area contributed by atoms with Gasteiger partial charge in [-0.25, -0.2) is 13.9 Å². The van der Waals surface area contributed by atoms with E-state index in [1.807, 2.05) is 30.5 Å². The molecule has 0 amide bonds. The molecule has 136 valence electrons. The van der Waals surface area contributed by atoms with Crippen LogP contribution in [0.3, 0.4) is 0 Å². The standard InChI is InChI=1S/C22H16FN5/c23-16-6-4-14(5-7-16)22-21(19-3-1-2-10-28(19)27-22)15-11-18(13-24)26-20(12-15)25-17-8-9-17/h1-7,10-12,17H,8-9H2,(H,25,26). The summed E-state index contributed by atoms with van der Waals surface area (Å²) >= 11 is 0. The van der Waals surface area contributed by atoms with Crippen molar-refractivity contribution in [3.63, 3.8) is 0 Å². The third-order valence-electron chi connectivity index (χ3n) is 4.82. The Bertz CT molecular complexity index is 1220. The number of nitrogens with one attached hydrogen (secondary N) is 1. The number of anilines is 1. The average Bonchev–Trinajstić information content (AvgIpc) is 3.44. The minimum absolute atomic E-state index is 0.291. The van der Waals surface area contributed by atoms with Crippen molar-refractivity contribution in [3.8, 4) is 28.5 Å². The lowest BCUT2D eigenvalue weighted by atomic mass is 9.99. The fraction of sp³-hybridized carbons (Fsp3) is 0.136. The van der Waals surface area contributed by atoms with E-state index < -0.39 is 0 Å². The molecule has 6 heteroatoms. The highest BCUT2D eigenvalue weighted by molar-refractivity contribution is 5.93. The number of rotatable bonds is 4. The third-order valence-corrected chi connectivity index (χ3v) is 4.82. The molecular formula is C22H16FN5. The maximum atomic E-state index is 13.4. The highest BCUT2D eigenvalue weighted by Crippen LogP contribution is 2.37. The zero-order valence-corrected chi connectivity index (χ0v) is 14.9. The number of hydrogen-bond donors (Lipinski definition) is 1. The predicted molar refractivity (Wildman–Crippen MR) is 105 cm³/mol. The predicted octanol–water partition coefficient (Wildman–Crippen LogP) is 4.65. The molecule has 0 saturated heterocycles. The molecule has 4 aromatic rings. The van der Waals surface area contributed by atoms with Gasteiger partial charge in [-0.15, -0.1) is 0 Å². The zero-order valence-electron chi connectivity index (χ0n) is 14.9. The summed E-state index contributed by atoms with van der Waals surface area (Å²) in [6, 6.07) is 18.4. The van der Waals surface area contributed by atoms with Crippen LogP contribution in [0.1, 0.15) is 18.5 Å². The molecule has 0 spiro atoms. The second-order valence-electron chi connectivity index (χ2n) is 6.92. The van der Waals surface area contributed by atoms with E-state index in [4.69, 9.17) is 5.10 Å². The van der Waals surface area contributed by atoms with Crippen LogP contribution in [-0.4, -0.2) is 20.6 Å². The first kappa shape index (κ1) is 16.5. The molecule has 0 atom stereocenters. The Morgan fingerprint density at radius 2 is 1.89 bits per heavy atom. The summed E-state index contributed by atoms with van der Waals surface area (Å²) in [4.78, 5) is 4.39. The molecule has 5 nitrogen and oxygen atoms in total. The Labute approximate surface area is 161 Å². The Morgan fingerprint density at radius 3 is 2.64 bits per heavy atom. The van der Waals surface area contributed by atoms with Gasteiger partial charge in [0.1, 0.15) is 29.1 Å². The van der Waals surface area contributed by atoms with Crippen molar-refractivity contribution in [2.75, 3.05) is 5.32 Å². The monoisotopic (exact) mass is 369 g/mol. The number of halogens is 1. The van der Waals surface area contributed by atoms with Gasteiger partial charge in [0, 0.05) is 23.4 Å². The van der Waals surface area contributed by atoms with Crippen LogP contribution in [0.15, 0.2) is 60.8 Å². The van der Waals surface area contributed by atoms with Crippen LogP contribution in [0.4, 0.5) is 10.2 Å². The van der Waals surface area contributed by atoms with Gasteiger partial charge in [-0.3, -0.25) is 0 Å².